The molecule has 2 heteroatoms. The minimum Gasteiger partial charge on any atom is -0.313 e. The van der Waals surface area contributed by atoms with Crippen LogP contribution in [-0.2, 0) is 0 Å². The third kappa shape index (κ3) is 1.15. The zero-order chi connectivity index (χ0) is 10.9. The number of fused-ring (bicyclic) bond motifs is 1. The van der Waals surface area contributed by atoms with E-state index in [4.69, 9.17) is 0 Å². The SMILES string of the molecule is CC1CNC2(C1)CC2C1CC2NCC(C)C21. The smallest absolute Gasteiger partial charge is 0.0219 e. The number of hydrogen-bond acceptors (Lipinski definition) is 2. The van der Waals surface area contributed by atoms with Crippen LogP contribution in [0, 0.1) is 29.6 Å². The van der Waals surface area contributed by atoms with Crippen LogP contribution in [0.1, 0.15) is 33.1 Å². The Morgan fingerprint density at radius 1 is 1.12 bits per heavy atom. The second kappa shape index (κ2) is 3.02. The zero-order valence-electron chi connectivity index (χ0n) is 10.5. The topological polar surface area (TPSA) is 24.1 Å². The molecule has 7 atom stereocenters. The Balaban J connectivity index is 1.46. The highest BCUT2D eigenvalue weighted by Crippen LogP contribution is 2.62. The first-order valence-corrected chi connectivity index (χ1v) is 7.18. The van der Waals surface area contributed by atoms with E-state index in [-0.39, 0.29) is 0 Å². The maximum Gasteiger partial charge on any atom is 0.0219 e. The van der Waals surface area contributed by atoms with Gasteiger partial charge in [-0.15, -0.1) is 0 Å². The van der Waals surface area contributed by atoms with E-state index in [1.807, 2.05) is 0 Å². The Bertz CT molecular complexity index is 310. The molecule has 0 amide bonds. The molecule has 0 radical (unpaired) electrons. The Morgan fingerprint density at radius 3 is 2.69 bits per heavy atom. The zero-order valence-corrected chi connectivity index (χ0v) is 10.5. The highest BCUT2D eigenvalue weighted by atomic mass is 15.1. The molecule has 2 aliphatic carbocycles. The molecular weight excluding hydrogens is 196 g/mol. The van der Waals surface area contributed by atoms with Crippen LogP contribution in [0.5, 0.6) is 0 Å². The minimum atomic E-state index is 0.608. The van der Waals surface area contributed by atoms with Crippen molar-refractivity contribution < 1.29 is 0 Å². The van der Waals surface area contributed by atoms with Gasteiger partial charge in [-0.25, -0.2) is 0 Å². The van der Waals surface area contributed by atoms with E-state index in [1.54, 1.807) is 0 Å². The first kappa shape index (κ1) is 9.90. The minimum absolute atomic E-state index is 0.608. The summed E-state index contributed by atoms with van der Waals surface area (Å²) < 4.78 is 0. The highest BCUT2D eigenvalue weighted by Gasteiger charge is 2.65. The molecule has 2 aliphatic heterocycles. The molecule has 4 rings (SSSR count). The molecule has 0 aromatic heterocycles. The van der Waals surface area contributed by atoms with Gasteiger partial charge in [-0.05, 0) is 61.9 Å². The Kier molecular flexibility index (Phi) is 1.87. The van der Waals surface area contributed by atoms with E-state index in [1.165, 1.54) is 32.4 Å². The summed E-state index contributed by atoms with van der Waals surface area (Å²) >= 11 is 0. The summed E-state index contributed by atoms with van der Waals surface area (Å²) in [5.41, 5.74) is 0.608. The third-order valence-electron chi connectivity index (χ3n) is 6.01. The summed E-state index contributed by atoms with van der Waals surface area (Å²) in [5.74, 6) is 4.94. The van der Waals surface area contributed by atoms with Gasteiger partial charge in [0.1, 0.15) is 0 Å². The van der Waals surface area contributed by atoms with Gasteiger partial charge in [0.25, 0.3) is 0 Å². The average Bonchev–Trinajstić information content (AvgIpc) is 2.59. The standard InChI is InChI=1S/C14H24N2/c1-8-4-14(16-6-8)5-11(14)10-3-12-13(10)9(2)7-15-12/h8-13,15-16H,3-7H2,1-2H3. The second-order valence-electron chi connectivity index (χ2n) is 7.13. The first-order valence-electron chi connectivity index (χ1n) is 7.18. The summed E-state index contributed by atoms with van der Waals surface area (Å²) in [4.78, 5) is 0. The lowest BCUT2D eigenvalue weighted by molar-refractivity contribution is 0.0884. The first-order chi connectivity index (χ1) is 7.70. The molecule has 0 bridgehead atoms. The monoisotopic (exact) mass is 220 g/mol. The molecule has 4 fully saturated rings. The molecule has 2 saturated heterocycles. The molecule has 2 nitrogen and oxygen atoms in total. The van der Waals surface area contributed by atoms with Crippen LogP contribution in [0.15, 0.2) is 0 Å². The molecular formula is C14H24N2. The van der Waals surface area contributed by atoms with E-state index in [9.17, 15) is 0 Å². The molecule has 4 aliphatic rings. The summed E-state index contributed by atoms with van der Waals surface area (Å²) in [5, 5.41) is 7.52. The summed E-state index contributed by atoms with van der Waals surface area (Å²) in [6.45, 7) is 7.39. The Morgan fingerprint density at radius 2 is 2.00 bits per heavy atom. The predicted molar refractivity (Wildman–Crippen MR) is 65.2 cm³/mol. The molecule has 90 valence electrons. The van der Waals surface area contributed by atoms with Crippen molar-refractivity contribution >= 4 is 0 Å². The quantitative estimate of drug-likeness (QED) is 0.702. The maximum atomic E-state index is 3.83. The van der Waals surface area contributed by atoms with Crippen molar-refractivity contribution in [1.29, 1.82) is 0 Å². The molecule has 0 aromatic rings. The molecule has 2 heterocycles. The van der Waals surface area contributed by atoms with Gasteiger partial charge in [0.15, 0.2) is 0 Å². The predicted octanol–water partition coefficient (Wildman–Crippen LogP) is 1.62. The lowest BCUT2D eigenvalue weighted by Gasteiger charge is -2.43. The molecule has 16 heavy (non-hydrogen) atoms. The van der Waals surface area contributed by atoms with E-state index in [2.05, 4.69) is 24.5 Å². The Labute approximate surface area is 98.6 Å². The fourth-order valence-electron chi connectivity index (χ4n) is 5.13. The van der Waals surface area contributed by atoms with Crippen LogP contribution >= 0.6 is 0 Å². The van der Waals surface area contributed by atoms with Crippen LogP contribution in [0.3, 0.4) is 0 Å². The summed E-state index contributed by atoms with van der Waals surface area (Å²) in [7, 11) is 0. The van der Waals surface area contributed by atoms with Crippen molar-refractivity contribution in [1.82, 2.24) is 10.6 Å². The van der Waals surface area contributed by atoms with Gasteiger partial charge in [0.2, 0.25) is 0 Å². The van der Waals surface area contributed by atoms with Crippen LogP contribution in [0.25, 0.3) is 0 Å². The van der Waals surface area contributed by atoms with Crippen LogP contribution in [0.4, 0.5) is 0 Å². The number of hydrogen-bond donors (Lipinski definition) is 2. The van der Waals surface area contributed by atoms with Crippen LogP contribution in [0.2, 0.25) is 0 Å². The van der Waals surface area contributed by atoms with Gasteiger partial charge in [0.05, 0.1) is 0 Å². The lowest BCUT2D eigenvalue weighted by Crippen LogP contribution is -2.47. The number of rotatable bonds is 1. The lowest BCUT2D eigenvalue weighted by atomic mass is 9.63. The average molecular weight is 220 g/mol. The van der Waals surface area contributed by atoms with E-state index in [0.29, 0.717) is 5.54 Å². The Hall–Kier alpha value is -0.0800. The van der Waals surface area contributed by atoms with Crippen molar-refractivity contribution in [2.45, 2.75) is 44.7 Å². The van der Waals surface area contributed by atoms with E-state index >= 15 is 0 Å². The fraction of sp³-hybridized carbons (Fsp3) is 1.00. The molecule has 2 N–H and O–H groups in total. The van der Waals surface area contributed by atoms with Gasteiger partial charge < -0.3 is 10.6 Å². The highest BCUT2D eigenvalue weighted by molar-refractivity contribution is 5.20. The number of nitrogens with one attached hydrogen (secondary N) is 2. The summed E-state index contributed by atoms with van der Waals surface area (Å²) in [6, 6.07) is 0.886. The van der Waals surface area contributed by atoms with Crippen molar-refractivity contribution in [2.75, 3.05) is 13.1 Å². The summed E-state index contributed by atoms with van der Waals surface area (Å²) in [6.07, 6.45) is 4.41. The fourth-order valence-corrected chi connectivity index (χ4v) is 5.13. The van der Waals surface area contributed by atoms with Gasteiger partial charge in [-0.2, -0.15) is 0 Å². The van der Waals surface area contributed by atoms with Crippen LogP contribution in [-0.4, -0.2) is 24.7 Å². The van der Waals surface area contributed by atoms with Gasteiger partial charge in [-0.3, -0.25) is 0 Å². The maximum absolute atomic E-state index is 3.83. The van der Waals surface area contributed by atoms with E-state index in [0.717, 1.165) is 35.6 Å². The van der Waals surface area contributed by atoms with Crippen molar-refractivity contribution in [2.24, 2.45) is 29.6 Å². The third-order valence-corrected chi connectivity index (χ3v) is 6.01. The molecule has 0 aromatic carbocycles. The second-order valence-corrected chi connectivity index (χ2v) is 7.13. The molecule has 1 spiro atoms. The normalized spacial score (nSPS) is 63.4. The van der Waals surface area contributed by atoms with Crippen molar-refractivity contribution in [3.05, 3.63) is 0 Å². The van der Waals surface area contributed by atoms with Gasteiger partial charge in [0, 0.05) is 11.6 Å². The molecule has 7 unspecified atom stereocenters. The van der Waals surface area contributed by atoms with Crippen LogP contribution < -0.4 is 10.6 Å². The van der Waals surface area contributed by atoms with E-state index < -0.39 is 0 Å². The van der Waals surface area contributed by atoms with Crippen molar-refractivity contribution in [3.8, 4) is 0 Å². The largest absolute Gasteiger partial charge is 0.313 e. The van der Waals surface area contributed by atoms with Crippen molar-refractivity contribution in [3.63, 3.8) is 0 Å². The van der Waals surface area contributed by atoms with Gasteiger partial charge >= 0.3 is 0 Å². The van der Waals surface area contributed by atoms with Gasteiger partial charge in [-0.1, -0.05) is 13.8 Å². The molecule has 2 saturated carbocycles.